The zero-order chi connectivity index (χ0) is 16.6. The molecule has 1 saturated carbocycles. The molecular formula is C20H29N3S. The number of nitrogens with zero attached hydrogens (tertiary/aromatic N) is 2. The highest BCUT2D eigenvalue weighted by Gasteiger charge is 2.24. The van der Waals surface area contributed by atoms with E-state index in [2.05, 4.69) is 27.3 Å². The number of hydrogen-bond donors (Lipinski definition) is 1. The summed E-state index contributed by atoms with van der Waals surface area (Å²) in [5.74, 6) is 0. The van der Waals surface area contributed by atoms with Crippen LogP contribution in [0.5, 0.6) is 0 Å². The quantitative estimate of drug-likeness (QED) is 0.604. The molecule has 0 spiro atoms. The molecule has 2 aliphatic rings. The molecule has 0 bridgehead atoms. The molecule has 0 aromatic carbocycles. The van der Waals surface area contributed by atoms with Gasteiger partial charge in [-0.1, -0.05) is 30.6 Å². The number of nitrogens with one attached hydrogen (secondary N) is 1. The lowest BCUT2D eigenvalue weighted by Crippen LogP contribution is -2.44. The third-order valence-corrected chi connectivity index (χ3v) is 5.59. The Labute approximate surface area is 151 Å². The van der Waals surface area contributed by atoms with Gasteiger partial charge in [0, 0.05) is 31.5 Å². The zero-order valence-corrected chi connectivity index (χ0v) is 15.4. The fraction of sp³-hybridized carbons (Fsp3) is 0.600. The minimum Gasteiger partial charge on any atom is -0.362 e. The minimum atomic E-state index is 0.583. The van der Waals surface area contributed by atoms with Crippen LogP contribution in [0.25, 0.3) is 0 Å². The van der Waals surface area contributed by atoms with E-state index in [4.69, 9.17) is 12.2 Å². The Morgan fingerprint density at radius 2 is 2.12 bits per heavy atom. The van der Waals surface area contributed by atoms with Gasteiger partial charge in [-0.25, -0.2) is 0 Å². The van der Waals surface area contributed by atoms with Gasteiger partial charge in [0.05, 0.1) is 0 Å². The molecule has 0 amide bonds. The highest BCUT2D eigenvalue weighted by molar-refractivity contribution is 7.80. The molecule has 0 atom stereocenters. The van der Waals surface area contributed by atoms with E-state index in [0.29, 0.717) is 6.04 Å². The molecule has 1 fully saturated rings. The van der Waals surface area contributed by atoms with Crippen LogP contribution in [0.4, 0.5) is 0 Å². The molecule has 0 aliphatic heterocycles. The molecule has 1 aromatic rings. The smallest absolute Gasteiger partial charge is 0.169 e. The first-order valence-corrected chi connectivity index (χ1v) is 9.85. The molecule has 130 valence electrons. The van der Waals surface area contributed by atoms with E-state index in [1.165, 1.54) is 56.9 Å². The van der Waals surface area contributed by atoms with Gasteiger partial charge in [0.25, 0.3) is 0 Å². The minimum absolute atomic E-state index is 0.583. The summed E-state index contributed by atoms with van der Waals surface area (Å²) in [4.78, 5) is 6.65. The summed E-state index contributed by atoms with van der Waals surface area (Å²) in [5.41, 5.74) is 2.85. The molecular weight excluding hydrogens is 314 g/mol. The standard InChI is InChI=1S/C20H29N3S/c24-20(22-14-12-17-7-2-1-3-8-17)23(19-10-4-5-11-19)16-18-9-6-13-21-15-18/h6-7,9,13,15,19H,1-5,8,10-12,14,16H2,(H,22,24). The van der Waals surface area contributed by atoms with E-state index < -0.39 is 0 Å². The average Bonchev–Trinajstić information content (AvgIpc) is 3.16. The Bertz CT molecular complexity index is 549. The lowest BCUT2D eigenvalue weighted by atomic mass is 9.97. The highest BCUT2D eigenvalue weighted by atomic mass is 32.1. The topological polar surface area (TPSA) is 28.2 Å². The second-order valence-electron chi connectivity index (χ2n) is 7.02. The molecule has 24 heavy (non-hydrogen) atoms. The van der Waals surface area contributed by atoms with Gasteiger partial charge in [0.1, 0.15) is 0 Å². The Hall–Kier alpha value is -1.42. The van der Waals surface area contributed by atoms with Crippen molar-refractivity contribution in [2.24, 2.45) is 0 Å². The lowest BCUT2D eigenvalue weighted by Gasteiger charge is -2.32. The number of allylic oxidation sites excluding steroid dienone is 1. The van der Waals surface area contributed by atoms with E-state index >= 15 is 0 Å². The van der Waals surface area contributed by atoms with Gasteiger partial charge in [0.2, 0.25) is 0 Å². The van der Waals surface area contributed by atoms with Crippen LogP contribution in [0.1, 0.15) is 63.4 Å². The van der Waals surface area contributed by atoms with Gasteiger partial charge >= 0.3 is 0 Å². The van der Waals surface area contributed by atoms with Crippen LogP contribution in [-0.4, -0.2) is 27.6 Å². The predicted octanol–water partition coefficient (Wildman–Crippen LogP) is 4.59. The van der Waals surface area contributed by atoms with Crippen LogP contribution in [0.2, 0.25) is 0 Å². The molecule has 1 heterocycles. The molecule has 4 heteroatoms. The summed E-state index contributed by atoms with van der Waals surface area (Å²) < 4.78 is 0. The maximum atomic E-state index is 5.75. The van der Waals surface area contributed by atoms with E-state index in [1.54, 1.807) is 5.57 Å². The molecule has 3 nitrogen and oxygen atoms in total. The summed E-state index contributed by atoms with van der Waals surface area (Å²) in [7, 11) is 0. The summed E-state index contributed by atoms with van der Waals surface area (Å²) in [6.07, 6.45) is 17.8. The summed E-state index contributed by atoms with van der Waals surface area (Å²) in [6.45, 7) is 1.83. The molecule has 3 rings (SSSR count). The normalized spacial score (nSPS) is 18.2. The largest absolute Gasteiger partial charge is 0.362 e. The van der Waals surface area contributed by atoms with Gasteiger partial charge < -0.3 is 10.2 Å². The average molecular weight is 344 g/mol. The Morgan fingerprint density at radius 3 is 2.83 bits per heavy atom. The molecule has 0 unspecified atom stereocenters. The first kappa shape index (κ1) is 17.4. The summed E-state index contributed by atoms with van der Waals surface area (Å²) >= 11 is 5.75. The van der Waals surface area contributed by atoms with Crippen molar-refractivity contribution in [1.82, 2.24) is 15.2 Å². The predicted molar refractivity (Wildman–Crippen MR) is 104 cm³/mol. The number of aromatic nitrogens is 1. The fourth-order valence-corrected chi connectivity index (χ4v) is 4.15. The Morgan fingerprint density at radius 1 is 1.25 bits per heavy atom. The third-order valence-electron chi connectivity index (χ3n) is 5.21. The lowest BCUT2D eigenvalue weighted by molar-refractivity contribution is 0.303. The van der Waals surface area contributed by atoms with Crippen LogP contribution < -0.4 is 5.32 Å². The Balaban J connectivity index is 1.55. The SMILES string of the molecule is S=C(NCCC1=CCCCC1)N(Cc1cccnc1)C1CCCC1. The van der Waals surface area contributed by atoms with Crippen LogP contribution >= 0.6 is 12.2 Å². The second kappa shape index (κ2) is 9.16. The first-order valence-electron chi connectivity index (χ1n) is 9.44. The van der Waals surface area contributed by atoms with Gasteiger partial charge in [-0.05, 0) is 68.8 Å². The van der Waals surface area contributed by atoms with Crippen molar-refractivity contribution in [3.8, 4) is 0 Å². The molecule has 2 aliphatic carbocycles. The number of hydrogen-bond acceptors (Lipinski definition) is 2. The van der Waals surface area contributed by atoms with Gasteiger partial charge in [-0.2, -0.15) is 0 Å². The fourth-order valence-electron chi connectivity index (χ4n) is 3.83. The van der Waals surface area contributed by atoms with Crippen molar-refractivity contribution >= 4 is 17.3 Å². The van der Waals surface area contributed by atoms with Gasteiger partial charge in [0.15, 0.2) is 5.11 Å². The van der Waals surface area contributed by atoms with Crippen molar-refractivity contribution in [3.63, 3.8) is 0 Å². The van der Waals surface area contributed by atoms with Crippen LogP contribution in [0.3, 0.4) is 0 Å². The molecule has 1 aromatic heterocycles. The third kappa shape index (κ3) is 5.04. The van der Waals surface area contributed by atoms with Crippen LogP contribution in [0, 0.1) is 0 Å². The van der Waals surface area contributed by atoms with Crippen molar-refractivity contribution < 1.29 is 0 Å². The molecule has 0 radical (unpaired) electrons. The molecule has 1 N–H and O–H groups in total. The van der Waals surface area contributed by atoms with Crippen LogP contribution in [-0.2, 0) is 6.54 Å². The maximum Gasteiger partial charge on any atom is 0.169 e. The number of thiocarbonyl (C=S) groups is 1. The van der Waals surface area contributed by atoms with Gasteiger partial charge in [-0.3, -0.25) is 4.98 Å². The first-order chi connectivity index (χ1) is 11.8. The maximum absolute atomic E-state index is 5.75. The number of rotatable bonds is 6. The van der Waals surface area contributed by atoms with E-state index in [-0.39, 0.29) is 0 Å². The van der Waals surface area contributed by atoms with E-state index in [0.717, 1.165) is 24.6 Å². The number of pyridine rings is 1. The van der Waals surface area contributed by atoms with E-state index in [1.807, 2.05) is 18.5 Å². The van der Waals surface area contributed by atoms with Crippen molar-refractivity contribution in [2.45, 2.75) is 70.4 Å². The highest BCUT2D eigenvalue weighted by Crippen LogP contribution is 2.25. The molecule has 0 saturated heterocycles. The van der Waals surface area contributed by atoms with Crippen molar-refractivity contribution in [2.75, 3.05) is 6.54 Å². The monoisotopic (exact) mass is 343 g/mol. The Kier molecular flexibility index (Phi) is 6.65. The zero-order valence-electron chi connectivity index (χ0n) is 14.5. The van der Waals surface area contributed by atoms with Crippen molar-refractivity contribution in [1.29, 1.82) is 0 Å². The van der Waals surface area contributed by atoms with Crippen LogP contribution in [0.15, 0.2) is 36.2 Å². The second-order valence-corrected chi connectivity index (χ2v) is 7.40. The van der Waals surface area contributed by atoms with Crippen molar-refractivity contribution in [3.05, 3.63) is 41.7 Å². The van der Waals surface area contributed by atoms with Gasteiger partial charge in [-0.15, -0.1) is 0 Å². The summed E-state index contributed by atoms with van der Waals surface area (Å²) in [5, 5.41) is 4.44. The summed E-state index contributed by atoms with van der Waals surface area (Å²) in [6, 6.07) is 4.73. The van der Waals surface area contributed by atoms with E-state index in [9.17, 15) is 0 Å².